The molecule has 158 valence electrons. The third kappa shape index (κ3) is 6.16. The van der Waals surface area contributed by atoms with Crippen LogP contribution in [0.2, 0.25) is 5.02 Å². The largest absolute Gasteiger partial charge is 0.494 e. The molecule has 0 aliphatic heterocycles. The van der Waals surface area contributed by atoms with E-state index in [1.807, 2.05) is 6.92 Å². The SMILES string of the molecule is CCOc1ccc(C(=O)Oc2ccc(Br)cc2/C=N\NC(=O)c2ccccc2Cl)cc1. The first-order chi connectivity index (χ1) is 15.0. The number of hydrogen-bond acceptors (Lipinski definition) is 5. The van der Waals surface area contributed by atoms with Crippen LogP contribution in [0.15, 0.2) is 76.3 Å². The van der Waals surface area contributed by atoms with Crippen molar-refractivity contribution in [3.63, 3.8) is 0 Å². The normalized spacial score (nSPS) is 10.7. The van der Waals surface area contributed by atoms with Crippen LogP contribution in [0.5, 0.6) is 11.5 Å². The van der Waals surface area contributed by atoms with E-state index in [1.165, 1.54) is 6.21 Å². The minimum atomic E-state index is -0.528. The van der Waals surface area contributed by atoms with Crippen molar-refractivity contribution in [2.75, 3.05) is 6.61 Å². The molecule has 0 bridgehead atoms. The van der Waals surface area contributed by atoms with Gasteiger partial charge in [-0.15, -0.1) is 0 Å². The summed E-state index contributed by atoms with van der Waals surface area (Å²) in [5, 5.41) is 4.28. The Bertz CT molecular complexity index is 1120. The number of carbonyl (C=O) groups is 2. The highest BCUT2D eigenvalue weighted by molar-refractivity contribution is 9.10. The molecule has 3 aromatic carbocycles. The van der Waals surface area contributed by atoms with Gasteiger partial charge in [0.05, 0.1) is 29.0 Å². The maximum absolute atomic E-state index is 12.5. The molecule has 0 spiro atoms. The first kappa shape index (κ1) is 22.5. The van der Waals surface area contributed by atoms with Gasteiger partial charge in [0.2, 0.25) is 0 Å². The summed E-state index contributed by atoms with van der Waals surface area (Å²) < 4.78 is 11.7. The van der Waals surface area contributed by atoms with Crippen LogP contribution < -0.4 is 14.9 Å². The minimum absolute atomic E-state index is 0.290. The lowest BCUT2D eigenvalue weighted by atomic mass is 10.2. The van der Waals surface area contributed by atoms with Crippen molar-refractivity contribution in [3.05, 3.63) is 92.9 Å². The Morgan fingerprint density at radius 1 is 1.10 bits per heavy atom. The molecule has 3 aromatic rings. The number of nitrogens with one attached hydrogen (secondary N) is 1. The molecule has 1 amide bonds. The number of amides is 1. The predicted molar refractivity (Wildman–Crippen MR) is 123 cm³/mol. The van der Waals surface area contributed by atoms with Crippen molar-refractivity contribution < 1.29 is 19.1 Å². The fourth-order valence-electron chi connectivity index (χ4n) is 2.59. The topological polar surface area (TPSA) is 77.0 Å². The smallest absolute Gasteiger partial charge is 0.343 e. The second kappa shape index (κ2) is 10.7. The molecule has 31 heavy (non-hydrogen) atoms. The lowest BCUT2D eigenvalue weighted by molar-refractivity contribution is 0.0734. The van der Waals surface area contributed by atoms with E-state index in [9.17, 15) is 9.59 Å². The second-order valence-corrected chi connectivity index (χ2v) is 7.53. The Balaban J connectivity index is 1.72. The maximum Gasteiger partial charge on any atom is 0.343 e. The second-order valence-electron chi connectivity index (χ2n) is 6.21. The average Bonchev–Trinajstić information content (AvgIpc) is 2.76. The zero-order valence-corrected chi connectivity index (χ0v) is 18.8. The van der Waals surface area contributed by atoms with E-state index >= 15 is 0 Å². The molecule has 0 aliphatic rings. The van der Waals surface area contributed by atoms with Gasteiger partial charge >= 0.3 is 5.97 Å². The van der Waals surface area contributed by atoms with Crippen molar-refractivity contribution in [3.8, 4) is 11.5 Å². The highest BCUT2D eigenvalue weighted by Gasteiger charge is 2.12. The number of esters is 1. The monoisotopic (exact) mass is 500 g/mol. The molecule has 0 saturated carbocycles. The molecule has 0 unspecified atom stereocenters. The summed E-state index contributed by atoms with van der Waals surface area (Å²) in [6.45, 7) is 2.42. The maximum atomic E-state index is 12.5. The Morgan fingerprint density at radius 3 is 2.55 bits per heavy atom. The number of hydrogen-bond donors (Lipinski definition) is 1. The van der Waals surface area contributed by atoms with Crippen molar-refractivity contribution in [2.24, 2.45) is 5.10 Å². The number of hydrazone groups is 1. The van der Waals surface area contributed by atoms with Crippen molar-refractivity contribution in [1.82, 2.24) is 5.43 Å². The zero-order valence-electron chi connectivity index (χ0n) is 16.5. The van der Waals surface area contributed by atoms with Gasteiger partial charge in [-0.3, -0.25) is 4.79 Å². The molecule has 6 nitrogen and oxygen atoms in total. The lowest BCUT2D eigenvalue weighted by Gasteiger charge is -2.09. The Morgan fingerprint density at radius 2 is 1.84 bits per heavy atom. The van der Waals surface area contributed by atoms with E-state index in [0.717, 1.165) is 4.47 Å². The third-order valence-electron chi connectivity index (χ3n) is 4.06. The van der Waals surface area contributed by atoms with Gasteiger partial charge in [-0.1, -0.05) is 39.7 Å². The summed E-state index contributed by atoms with van der Waals surface area (Å²) in [6, 6.07) is 18.4. The summed E-state index contributed by atoms with van der Waals surface area (Å²) in [4.78, 5) is 24.8. The van der Waals surface area contributed by atoms with E-state index in [4.69, 9.17) is 21.1 Å². The summed E-state index contributed by atoms with van der Waals surface area (Å²) in [5.74, 6) is -0.0208. The van der Waals surface area contributed by atoms with E-state index in [-0.39, 0.29) is 5.75 Å². The number of rotatable bonds is 7. The molecule has 1 N–H and O–H groups in total. The summed E-state index contributed by atoms with van der Waals surface area (Å²) in [7, 11) is 0. The number of halogens is 2. The fraction of sp³-hybridized carbons (Fsp3) is 0.0870. The highest BCUT2D eigenvalue weighted by Crippen LogP contribution is 2.23. The van der Waals surface area contributed by atoms with Crippen LogP contribution in [0, 0.1) is 0 Å². The zero-order chi connectivity index (χ0) is 22.2. The molecular formula is C23H18BrClN2O4. The van der Waals surface area contributed by atoms with Crippen molar-refractivity contribution >= 4 is 45.6 Å². The first-order valence-electron chi connectivity index (χ1n) is 9.30. The standard InChI is InChI=1S/C23H18BrClN2O4/c1-2-30-18-10-7-15(8-11-18)23(29)31-21-12-9-17(24)13-16(21)14-26-27-22(28)19-5-3-4-6-20(19)25/h3-14H,2H2,1H3,(H,27,28)/b26-14-. The fourth-order valence-corrected chi connectivity index (χ4v) is 3.19. The van der Waals surface area contributed by atoms with E-state index in [0.29, 0.717) is 34.1 Å². The van der Waals surface area contributed by atoms with Gasteiger partial charge in [0.15, 0.2) is 0 Å². The highest BCUT2D eigenvalue weighted by atomic mass is 79.9. The molecule has 8 heteroatoms. The average molecular weight is 502 g/mol. The molecular weight excluding hydrogens is 484 g/mol. The number of carbonyl (C=O) groups excluding carboxylic acids is 2. The Hall–Kier alpha value is -3.16. The third-order valence-corrected chi connectivity index (χ3v) is 4.89. The van der Waals surface area contributed by atoms with Crippen LogP contribution in [-0.2, 0) is 0 Å². The van der Waals surface area contributed by atoms with Gasteiger partial charge in [-0.25, -0.2) is 10.2 Å². The molecule has 0 radical (unpaired) electrons. The number of benzene rings is 3. The molecule has 0 atom stereocenters. The van der Waals surface area contributed by atoms with Crippen LogP contribution in [0.4, 0.5) is 0 Å². The predicted octanol–water partition coefficient (Wildman–Crippen LogP) is 5.48. The first-order valence-corrected chi connectivity index (χ1v) is 10.5. The summed E-state index contributed by atoms with van der Waals surface area (Å²) in [5.41, 5.74) is 3.59. The van der Waals surface area contributed by atoms with Gasteiger partial charge in [0, 0.05) is 10.0 Å². The van der Waals surface area contributed by atoms with Crippen LogP contribution in [0.1, 0.15) is 33.2 Å². The quantitative estimate of drug-likeness (QED) is 0.201. The van der Waals surface area contributed by atoms with Crippen LogP contribution in [-0.4, -0.2) is 24.7 Å². The van der Waals surface area contributed by atoms with Gasteiger partial charge in [0.1, 0.15) is 11.5 Å². The number of nitrogens with zero attached hydrogens (tertiary/aromatic N) is 1. The summed E-state index contributed by atoms with van der Waals surface area (Å²) in [6.07, 6.45) is 1.39. The van der Waals surface area contributed by atoms with Gasteiger partial charge in [0.25, 0.3) is 5.91 Å². The van der Waals surface area contributed by atoms with E-state index < -0.39 is 11.9 Å². The van der Waals surface area contributed by atoms with Crippen LogP contribution in [0.25, 0.3) is 0 Å². The van der Waals surface area contributed by atoms with Gasteiger partial charge in [-0.05, 0) is 61.5 Å². The number of ether oxygens (including phenoxy) is 2. The minimum Gasteiger partial charge on any atom is -0.494 e. The lowest BCUT2D eigenvalue weighted by Crippen LogP contribution is -2.18. The van der Waals surface area contributed by atoms with Gasteiger partial charge in [-0.2, -0.15) is 5.10 Å². The molecule has 0 saturated heterocycles. The molecule has 0 aliphatic carbocycles. The van der Waals surface area contributed by atoms with Crippen LogP contribution in [0.3, 0.4) is 0 Å². The Kier molecular flexibility index (Phi) is 7.81. The molecule has 3 rings (SSSR count). The molecule has 0 aromatic heterocycles. The molecule has 0 fully saturated rings. The van der Waals surface area contributed by atoms with Crippen LogP contribution >= 0.6 is 27.5 Å². The van der Waals surface area contributed by atoms with E-state index in [1.54, 1.807) is 66.7 Å². The molecule has 0 heterocycles. The van der Waals surface area contributed by atoms with E-state index in [2.05, 4.69) is 26.5 Å². The van der Waals surface area contributed by atoms with Gasteiger partial charge < -0.3 is 9.47 Å². The summed E-state index contributed by atoms with van der Waals surface area (Å²) >= 11 is 9.40. The van der Waals surface area contributed by atoms with Crippen molar-refractivity contribution in [2.45, 2.75) is 6.92 Å². The van der Waals surface area contributed by atoms with Crippen molar-refractivity contribution in [1.29, 1.82) is 0 Å². The Labute approximate surface area is 193 Å².